The molecule has 2 rings (SSSR count). The second kappa shape index (κ2) is 7.02. The SMILES string of the molecule is CNC(CCN1CCS(=O)CC1)c1ccccc1. The molecule has 1 aromatic carbocycles. The van der Waals surface area contributed by atoms with Gasteiger partial charge in [0.05, 0.1) is 0 Å². The predicted octanol–water partition coefficient (Wildman–Crippen LogP) is 1.40. The van der Waals surface area contributed by atoms with Crippen LogP contribution in [0.1, 0.15) is 18.0 Å². The van der Waals surface area contributed by atoms with E-state index >= 15 is 0 Å². The lowest BCUT2D eigenvalue weighted by Crippen LogP contribution is -2.39. The van der Waals surface area contributed by atoms with Gasteiger partial charge in [-0.05, 0) is 19.0 Å². The molecule has 0 bridgehead atoms. The maximum absolute atomic E-state index is 11.3. The van der Waals surface area contributed by atoms with Crippen molar-refractivity contribution in [3.63, 3.8) is 0 Å². The summed E-state index contributed by atoms with van der Waals surface area (Å²) in [7, 11) is 1.45. The van der Waals surface area contributed by atoms with Crippen molar-refractivity contribution in [3.05, 3.63) is 35.9 Å². The molecule has 4 heteroatoms. The fourth-order valence-corrected chi connectivity index (χ4v) is 3.50. The van der Waals surface area contributed by atoms with Crippen LogP contribution in [0.3, 0.4) is 0 Å². The lowest BCUT2D eigenvalue weighted by Gasteiger charge is -2.28. The number of rotatable bonds is 5. The van der Waals surface area contributed by atoms with Crippen molar-refractivity contribution >= 4 is 10.8 Å². The third-order valence-corrected chi connectivity index (χ3v) is 4.83. The molecule has 1 atom stereocenters. The van der Waals surface area contributed by atoms with Crippen molar-refractivity contribution in [3.8, 4) is 0 Å². The highest BCUT2D eigenvalue weighted by molar-refractivity contribution is 7.85. The minimum Gasteiger partial charge on any atom is -0.313 e. The topological polar surface area (TPSA) is 32.3 Å². The first kappa shape index (κ1) is 13.7. The zero-order chi connectivity index (χ0) is 12.8. The standard InChI is InChI=1S/C14H22N2OS/c1-15-14(13-5-3-2-4-6-13)7-8-16-9-11-18(17)12-10-16/h2-6,14-15H,7-12H2,1H3. The minimum atomic E-state index is -0.570. The van der Waals surface area contributed by atoms with Crippen LogP contribution in [-0.4, -0.2) is 47.3 Å². The Morgan fingerprint density at radius 1 is 1.28 bits per heavy atom. The maximum atomic E-state index is 11.3. The van der Waals surface area contributed by atoms with Crippen molar-refractivity contribution in [2.24, 2.45) is 0 Å². The molecule has 0 saturated carbocycles. The highest BCUT2D eigenvalue weighted by Gasteiger charge is 2.16. The summed E-state index contributed by atoms with van der Waals surface area (Å²) in [5.41, 5.74) is 1.35. The molecule has 0 aromatic heterocycles. The van der Waals surface area contributed by atoms with Crippen molar-refractivity contribution in [2.75, 3.05) is 38.2 Å². The van der Waals surface area contributed by atoms with E-state index in [9.17, 15) is 4.21 Å². The van der Waals surface area contributed by atoms with Gasteiger partial charge in [-0.15, -0.1) is 0 Å². The van der Waals surface area contributed by atoms with Crippen molar-refractivity contribution in [1.29, 1.82) is 0 Å². The fourth-order valence-electron chi connectivity index (χ4n) is 2.37. The first-order valence-electron chi connectivity index (χ1n) is 6.59. The molecule has 1 saturated heterocycles. The Balaban J connectivity index is 1.82. The second-order valence-corrected chi connectivity index (χ2v) is 6.43. The van der Waals surface area contributed by atoms with E-state index in [0.29, 0.717) is 6.04 Å². The summed E-state index contributed by atoms with van der Waals surface area (Å²) >= 11 is 0. The Hall–Kier alpha value is -0.710. The number of hydrogen-bond donors (Lipinski definition) is 1. The Morgan fingerprint density at radius 3 is 2.56 bits per heavy atom. The van der Waals surface area contributed by atoms with E-state index in [0.717, 1.165) is 37.6 Å². The van der Waals surface area contributed by atoms with E-state index in [-0.39, 0.29) is 0 Å². The molecule has 100 valence electrons. The molecule has 1 fully saturated rings. The van der Waals surface area contributed by atoms with Crippen LogP contribution in [0.4, 0.5) is 0 Å². The molecular weight excluding hydrogens is 244 g/mol. The van der Waals surface area contributed by atoms with Crippen molar-refractivity contribution in [2.45, 2.75) is 12.5 Å². The minimum absolute atomic E-state index is 0.415. The van der Waals surface area contributed by atoms with Crippen molar-refractivity contribution < 1.29 is 4.21 Å². The van der Waals surface area contributed by atoms with E-state index < -0.39 is 10.8 Å². The third kappa shape index (κ3) is 3.90. The van der Waals surface area contributed by atoms with Gasteiger partial charge in [0.25, 0.3) is 0 Å². The maximum Gasteiger partial charge on any atom is 0.0363 e. The summed E-state index contributed by atoms with van der Waals surface area (Å²) in [5, 5.41) is 3.38. The second-order valence-electron chi connectivity index (χ2n) is 4.73. The molecular formula is C14H22N2OS. The lowest BCUT2D eigenvalue weighted by molar-refractivity contribution is 0.281. The molecule has 1 aliphatic heterocycles. The Bertz CT molecular complexity index is 373. The van der Waals surface area contributed by atoms with Gasteiger partial charge < -0.3 is 10.2 Å². The molecule has 18 heavy (non-hydrogen) atoms. The average molecular weight is 266 g/mol. The average Bonchev–Trinajstić information content (AvgIpc) is 2.43. The summed E-state index contributed by atoms with van der Waals surface area (Å²) in [5.74, 6) is 1.69. The normalized spacial score (nSPS) is 19.8. The van der Waals surface area contributed by atoms with Gasteiger partial charge in [-0.3, -0.25) is 4.21 Å². The molecule has 1 aliphatic rings. The smallest absolute Gasteiger partial charge is 0.0363 e. The summed E-state index contributed by atoms with van der Waals surface area (Å²) < 4.78 is 11.3. The van der Waals surface area contributed by atoms with Gasteiger partial charge >= 0.3 is 0 Å². The fraction of sp³-hybridized carbons (Fsp3) is 0.571. The first-order chi connectivity index (χ1) is 8.79. The Morgan fingerprint density at radius 2 is 1.94 bits per heavy atom. The zero-order valence-electron chi connectivity index (χ0n) is 11.0. The summed E-state index contributed by atoms with van der Waals surface area (Å²) in [6, 6.07) is 11.0. The highest BCUT2D eigenvalue weighted by atomic mass is 32.2. The van der Waals surface area contributed by atoms with Crippen LogP contribution in [0.25, 0.3) is 0 Å². The van der Waals surface area contributed by atoms with Gasteiger partial charge in [0, 0.05) is 48.0 Å². The summed E-state index contributed by atoms with van der Waals surface area (Å²) in [4.78, 5) is 2.43. The Kier molecular flexibility index (Phi) is 5.35. The summed E-state index contributed by atoms with van der Waals surface area (Å²) in [6.45, 7) is 3.05. The van der Waals surface area contributed by atoms with Crippen LogP contribution in [0.2, 0.25) is 0 Å². The quantitative estimate of drug-likeness (QED) is 0.874. The Labute approximate surface area is 112 Å². The van der Waals surface area contributed by atoms with Crippen LogP contribution in [0, 0.1) is 0 Å². The molecule has 0 aliphatic carbocycles. The third-order valence-electron chi connectivity index (χ3n) is 3.55. The van der Waals surface area contributed by atoms with E-state index in [1.807, 2.05) is 7.05 Å². The van der Waals surface area contributed by atoms with E-state index in [1.165, 1.54) is 5.56 Å². The molecule has 0 amide bonds. The lowest BCUT2D eigenvalue weighted by atomic mass is 10.0. The van der Waals surface area contributed by atoms with Crippen LogP contribution < -0.4 is 5.32 Å². The van der Waals surface area contributed by atoms with E-state index in [4.69, 9.17) is 0 Å². The predicted molar refractivity (Wildman–Crippen MR) is 77.2 cm³/mol. The molecule has 3 nitrogen and oxygen atoms in total. The van der Waals surface area contributed by atoms with Gasteiger partial charge in [-0.2, -0.15) is 0 Å². The van der Waals surface area contributed by atoms with Gasteiger partial charge in [0.2, 0.25) is 0 Å². The van der Waals surface area contributed by atoms with Crippen molar-refractivity contribution in [1.82, 2.24) is 10.2 Å². The van der Waals surface area contributed by atoms with Gasteiger partial charge in [-0.1, -0.05) is 30.3 Å². The molecule has 1 aromatic rings. The monoisotopic (exact) mass is 266 g/mol. The molecule has 0 radical (unpaired) electrons. The van der Waals surface area contributed by atoms with Gasteiger partial charge in [0.15, 0.2) is 0 Å². The first-order valence-corrected chi connectivity index (χ1v) is 8.08. The summed E-state index contributed by atoms with van der Waals surface area (Å²) in [6.07, 6.45) is 1.10. The number of hydrogen-bond acceptors (Lipinski definition) is 3. The largest absolute Gasteiger partial charge is 0.313 e. The molecule has 1 unspecified atom stereocenters. The van der Waals surface area contributed by atoms with Crippen LogP contribution in [0.5, 0.6) is 0 Å². The number of nitrogens with zero attached hydrogens (tertiary/aromatic N) is 1. The van der Waals surface area contributed by atoms with Gasteiger partial charge in [-0.25, -0.2) is 0 Å². The van der Waals surface area contributed by atoms with Crippen LogP contribution in [0.15, 0.2) is 30.3 Å². The number of nitrogens with one attached hydrogen (secondary N) is 1. The van der Waals surface area contributed by atoms with E-state index in [1.54, 1.807) is 0 Å². The highest BCUT2D eigenvalue weighted by Crippen LogP contribution is 2.16. The molecule has 0 spiro atoms. The van der Waals surface area contributed by atoms with E-state index in [2.05, 4.69) is 40.5 Å². The zero-order valence-corrected chi connectivity index (χ0v) is 11.8. The molecule has 1 heterocycles. The van der Waals surface area contributed by atoms with Gasteiger partial charge in [0.1, 0.15) is 0 Å². The number of benzene rings is 1. The molecule has 1 N–H and O–H groups in total. The van der Waals surface area contributed by atoms with Crippen LogP contribution >= 0.6 is 0 Å². The van der Waals surface area contributed by atoms with Crippen LogP contribution in [-0.2, 0) is 10.8 Å².